The third-order valence-electron chi connectivity index (χ3n) is 3.28. The molecule has 9 heteroatoms. The van der Waals surface area contributed by atoms with Crippen molar-refractivity contribution in [1.29, 1.82) is 0 Å². The van der Waals surface area contributed by atoms with Crippen molar-refractivity contribution in [3.63, 3.8) is 0 Å². The first kappa shape index (κ1) is 17.7. The van der Waals surface area contributed by atoms with Gasteiger partial charge in [0, 0.05) is 5.75 Å². The molecule has 0 saturated carbocycles. The molecule has 3 rings (SSSR count). The first-order valence-corrected chi connectivity index (χ1v) is 7.88. The Hall–Kier alpha value is -2.16. The molecule has 0 amide bonds. The Morgan fingerprint density at radius 2 is 1.48 bits per heavy atom. The molecule has 25 heavy (non-hydrogen) atoms. The zero-order valence-corrected chi connectivity index (χ0v) is 13.1. The number of rotatable bonds is 3. The molecule has 0 aliphatic heterocycles. The molecule has 0 aliphatic rings. The number of oxazole rings is 1. The van der Waals surface area contributed by atoms with E-state index in [0.717, 1.165) is 11.8 Å². The average molecular weight is 377 g/mol. The predicted molar refractivity (Wildman–Crippen MR) is 80.0 cm³/mol. The zero-order chi connectivity index (χ0) is 18.2. The van der Waals surface area contributed by atoms with Crippen molar-refractivity contribution < 1.29 is 30.8 Å². The van der Waals surface area contributed by atoms with Crippen LogP contribution >= 0.6 is 11.8 Å². The van der Waals surface area contributed by atoms with Gasteiger partial charge in [0.15, 0.2) is 5.58 Å². The van der Waals surface area contributed by atoms with Crippen molar-refractivity contribution in [2.75, 3.05) is 0 Å². The Morgan fingerprint density at radius 3 is 2.04 bits per heavy atom. The maximum Gasteiger partial charge on any atom is 0.416 e. The number of hydrogen-bond donors (Lipinski definition) is 0. The van der Waals surface area contributed by atoms with Gasteiger partial charge in [0.05, 0.1) is 11.1 Å². The Bertz CT molecular complexity index is 834. The summed E-state index contributed by atoms with van der Waals surface area (Å²) < 4.78 is 82.4. The standard InChI is InChI=1S/C16H9F6NOS/c17-15(18,19)10-5-9(6-11(7-10)16(20,21)22)8-25-14-23-12-3-1-2-4-13(12)24-14/h1-7H,8H2. The van der Waals surface area contributed by atoms with Gasteiger partial charge < -0.3 is 4.42 Å². The van der Waals surface area contributed by atoms with Crippen molar-refractivity contribution in [2.24, 2.45) is 0 Å². The molecule has 0 bridgehead atoms. The molecule has 2 nitrogen and oxygen atoms in total. The van der Waals surface area contributed by atoms with Crippen LogP contribution in [0.4, 0.5) is 26.3 Å². The van der Waals surface area contributed by atoms with E-state index in [1.54, 1.807) is 24.3 Å². The lowest BCUT2D eigenvalue weighted by Gasteiger charge is -2.13. The van der Waals surface area contributed by atoms with E-state index in [-0.39, 0.29) is 22.6 Å². The van der Waals surface area contributed by atoms with Gasteiger partial charge in [-0.3, -0.25) is 0 Å². The molecule has 0 N–H and O–H groups in total. The molecule has 1 heterocycles. The summed E-state index contributed by atoms with van der Waals surface area (Å²) in [6, 6.07) is 8.32. The van der Waals surface area contributed by atoms with E-state index in [1.807, 2.05) is 0 Å². The fourth-order valence-corrected chi connectivity index (χ4v) is 2.93. The average Bonchev–Trinajstić information content (AvgIpc) is 2.94. The van der Waals surface area contributed by atoms with E-state index < -0.39 is 23.5 Å². The second-order valence-electron chi connectivity index (χ2n) is 5.15. The van der Waals surface area contributed by atoms with Crippen LogP contribution in [0.1, 0.15) is 16.7 Å². The maximum absolute atomic E-state index is 12.8. The predicted octanol–water partition coefficient (Wildman–Crippen LogP) is 6.16. The maximum atomic E-state index is 12.8. The number of halogens is 6. The summed E-state index contributed by atoms with van der Waals surface area (Å²) in [5.41, 5.74) is -1.74. The summed E-state index contributed by atoms with van der Waals surface area (Å²) in [7, 11) is 0. The topological polar surface area (TPSA) is 26.0 Å². The van der Waals surface area contributed by atoms with Crippen LogP contribution in [0.15, 0.2) is 52.1 Å². The third-order valence-corrected chi connectivity index (χ3v) is 4.18. The molecule has 0 radical (unpaired) electrons. The van der Waals surface area contributed by atoms with Gasteiger partial charge in [0.25, 0.3) is 5.22 Å². The highest BCUT2D eigenvalue weighted by Gasteiger charge is 2.36. The molecule has 0 spiro atoms. The van der Waals surface area contributed by atoms with Crippen LogP contribution in [-0.2, 0) is 18.1 Å². The van der Waals surface area contributed by atoms with Gasteiger partial charge in [-0.2, -0.15) is 26.3 Å². The summed E-state index contributed by atoms with van der Waals surface area (Å²) in [5.74, 6) is -0.139. The van der Waals surface area contributed by atoms with E-state index >= 15 is 0 Å². The van der Waals surface area contributed by atoms with E-state index in [4.69, 9.17) is 4.42 Å². The van der Waals surface area contributed by atoms with Gasteiger partial charge >= 0.3 is 12.4 Å². The van der Waals surface area contributed by atoms with Gasteiger partial charge in [0.1, 0.15) is 5.52 Å². The molecule has 3 aromatic rings. The van der Waals surface area contributed by atoms with Crippen LogP contribution in [-0.4, -0.2) is 4.98 Å². The fourth-order valence-electron chi connectivity index (χ4n) is 2.16. The number of benzene rings is 2. The molecule has 2 aromatic carbocycles. The van der Waals surface area contributed by atoms with Gasteiger partial charge in [-0.1, -0.05) is 23.9 Å². The zero-order valence-electron chi connectivity index (χ0n) is 12.3. The summed E-state index contributed by atoms with van der Waals surface area (Å²) in [5, 5.41) is 0.173. The lowest BCUT2D eigenvalue weighted by atomic mass is 10.1. The highest BCUT2D eigenvalue weighted by atomic mass is 32.2. The lowest BCUT2D eigenvalue weighted by molar-refractivity contribution is -0.143. The van der Waals surface area contributed by atoms with Crippen molar-refractivity contribution in [3.05, 3.63) is 59.2 Å². The molecule has 1 aromatic heterocycles. The molecule has 0 fully saturated rings. The minimum atomic E-state index is -4.86. The molecular formula is C16H9F6NOS. The second-order valence-corrected chi connectivity index (χ2v) is 6.08. The van der Waals surface area contributed by atoms with Crippen LogP contribution in [0, 0.1) is 0 Å². The SMILES string of the molecule is FC(F)(F)c1cc(CSc2nc3ccccc3o2)cc(C(F)(F)F)c1. The summed E-state index contributed by atoms with van der Waals surface area (Å²) in [6.07, 6.45) is -9.73. The fraction of sp³-hybridized carbons (Fsp3) is 0.188. The minimum Gasteiger partial charge on any atom is -0.431 e. The number of fused-ring (bicyclic) bond motifs is 1. The van der Waals surface area contributed by atoms with Crippen molar-refractivity contribution in [2.45, 2.75) is 23.3 Å². The Kier molecular flexibility index (Phi) is 4.44. The molecule has 0 atom stereocenters. The Balaban J connectivity index is 1.88. The van der Waals surface area contributed by atoms with Crippen LogP contribution in [0.25, 0.3) is 11.1 Å². The number of hydrogen-bond acceptors (Lipinski definition) is 3. The van der Waals surface area contributed by atoms with E-state index in [2.05, 4.69) is 4.98 Å². The van der Waals surface area contributed by atoms with Crippen LogP contribution in [0.3, 0.4) is 0 Å². The molecular weight excluding hydrogens is 368 g/mol. The third kappa shape index (κ3) is 4.09. The van der Waals surface area contributed by atoms with Gasteiger partial charge in [-0.05, 0) is 35.9 Å². The number of nitrogens with zero attached hydrogens (tertiary/aromatic N) is 1. The Labute approximate surface area is 141 Å². The van der Waals surface area contributed by atoms with Crippen molar-refractivity contribution in [3.8, 4) is 0 Å². The van der Waals surface area contributed by atoms with Crippen molar-refractivity contribution >= 4 is 22.9 Å². The summed E-state index contributed by atoms with van der Waals surface area (Å²) in [6.45, 7) is 0. The number of thioether (sulfide) groups is 1. The number of aromatic nitrogens is 1. The van der Waals surface area contributed by atoms with Gasteiger partial charge in [-0.25, -0.2) is 4.98 Å². The first-order chi connectivity index (χ1) is 11.6. The summed E-state index contributed by atoms with van der Waals surface area (Å²) in [4.78, 5) is 4.12. The quantitative estimate of drug-likeness (QED) is 0.404. The Morgan fingerprint density at radius 1 is 0.880 bits per heavy atom. The smallest absolute Gasteiger partial charge is 0.416 e. The number of alkyl halides is 6. The first-order valence-electron chi connectivity index (χ1n) is 6.90. The van der Waals surface area contributed by atoms with Gasteiger partial charge in [-0.15, -0.1) is 0 Å². The minimum absolute atomic E-state index is 0.105. The van der Waals surface area contributed by atoms with E-state index in [1.165, 1.54) is 0 Å². The van der Waals surface area contributed by atoms with Gasteiger partial charge in [0.2, 0.25) is 0 Å². The molecule has 0 unspecified atom stereocenters. The monoisotopic (exact) mass is 377 g/mol. The molecule has 132 valence electrons. The largest absolute Gasteiger partial charge is 0.431 e. The highest BCUT2D eigenvalue weighted by molar-refractivity contribution is 7.98. The van der Waals surface area contributed by atoms with E-state index in [0.29, 0.717) is 23.2 Å². The normalized spacial score (nSPS) is 12.7. The highest BCUT2D eigenvalue weighted by Crippen LogP contribution is 2.37. The second kappa shape index (κ2) is 6.29. The summed E-state index contributed by atoms with van der Waals surface area (Å²) >= 11 is 0.925. The molecule has 0 aliphatic carbocycles. The van der Waals surface area contributed by atoms with Crippen LogP contribution < -0.4 is 0 Å². The number of para-hydroxylation sites is 2. The van der Waals surface area contributed by atoms with Crippen LogP contribution in [0.5, 0.6) is 0 Å². The van der Waals surface area contributed by atoms with Crippen LogP contribution in [0.2, 0.25) is 0 Å². The lowest BCUT2D eigenvalue weighted by Crippen LogP contribution is -2.11. The molecule has 0 saturated heterocycles. The van der Waals surface area contributed by atoms with E-state index in [9.17, 15) is 26.3 Å². The van der Waals surface area contributed by atoms with Crippen molar-refractivity contribution in [1.82, 2.24) is 4.98 Å².